The molecule has 1 aliphatic heterocycles. The standard InChI is InChI=1S/C9H16O2/c1-9(2,3)8(10)7-5-4-6-11-7/h5,8,10H,4,6H2,1-3H3. The summed E-state index contributed by atoms with van der Waals surface area (Å²) >= 11 is 0. The fraction of sp³-hybridized carbons (Fsp3) is 0.778. The summed E-state index contributed by atoms with van der Waals surface area (Å²) in [5.41, 5.74) is -0.115. The Kier molecular flexibility index (Phi) is 2.23. The van der Waals surface area contributed by atoms with Gasteiger partial charge < -0.3 is 9.84 Å². The van der Waals surface area contributed by atoms with E-state index in [-0.39, 0.29) is 5.41 Å². The largest absolute Gasteiger partial charge is 0.495 e. The van der Waals surface area contributed by atoms with Crippen molar-refractivity contribution in [3.8, 4) is 0 Å². The van der Waals surface area contributed by atoms with Gasteiger partial charge in [-0.25, -0.2) is 0 Å². The molecule has 1 heterocycles. The van der Waals surface area contributed by atoms with Gasteiger partial charge in [0.1, 0.15) is 11.9 Å². The Morgan fingerprint density at radius 2 is 2.18 bits per heavy atom. The lowest BCUT2D eigenvalue weighted by molar-refractivity contribution is 0.0411. The van der Waals surface area contributed by atoms with Crippen LogP contribution in [0.2, 0.25) is 0 Å². The van der Waals surface area contributed by atoms with E-state index >= 15 is 0 Å². The van der Waals surface area contributed by atoms with Crippen LogP contribution in [0.25, 0.3) is 0 Å². The third kappa shape index (κ3) is 1.96. The molecule has 0 fully saturated rings. The smallest absolute Gasteiger partial charge is 0.121 e. The van der Waals surface area contributed by atoms with E-state index in [1.807, 2.05) is 26.8 Å². The molecule has 0 aromatic heterocycles. The van der Waals surface area contributed by atoms with Crippen LogP contribution >= 0.6 is 0 Å². The van der Waals surface area contributed by atoms with Crippen molar-refractivity contribution in [1.29, 1.82) is 0 Å². The van der Waals surface area contributed by atoms with Crippen LogP contribution in [0.4, 0.5) is 0 Å². The maximum absolute atomic E-state index is 9.69. The summed E-state index contributed by atoms with van der Waals surface area (Å²) in [6.45, 7) is 6.73. The maximum Gasteiger partial charge on any atom is 0.121 e. The Bertz CT molecular complexity index is 165. The summed E-state index contributed by atoms with van der Waals surface area (Å²) < 4.78 is 5.25. The molecule has 0 spiro atoms. The highest BCUT2D eigenvalue weighted by molar-refractivity contribution is 5.07. The Morgan fingerprint density at radius 1 is 1.55 bits per heavy atom. The summed E-state index contributed by atoms with van der Waals surface area (Å²) in [6, 6.07) is 0. The minimum Gasteiger partial charge on any atom is -0.495 e. The van der Waals surface area contributed by atoms with Crippen LogP contribution in [0.15, 0.2) is 11.8 Å². The number of aliphatic hydroxyl groups is 1. The molecule has 1 atom stereocenters. The predicted molar refractivity (Wildman–Crippen MR) is 44.1 cm³/mol. The molecule has 0 saturated carbocycles. The molecule has 1 rings (SSSR count). The summed E-state index contributed by atoms with van der Waals surface area (Å²) in [6.07, 6.45) is 2.45. The summed E-state index contributed by atoms with van der Waals surface area (Å²) in [7, 11) is 0. The summed E-state index contributed by atoms with van der Waals surface area (Å²) in [5, 5.41) is 9.69. The normalized spacial score (nSPS) is 20.9. The van der Waals surface area contributed by atoms with Gasteiger partial charge in [-0.1, -0.05) is 20.8 Å². The summed E-state index contributed by atoms with van der Waals surface area (Å²) in [4.78, 5) is 0. The first-order chi connectivity index (χ1) is 5.02. The highest BCUT2D eigenvalue weighted by Crippen LogP contribution is 2.27. The minimum absolute atomic E-state index is 0.115. The van der Waals surface area contributed by atoms with Gasteiger partial charge >= 0.3 is 0 Å². The van der Waals surface area contributed by atoms with Gasteiger partial charge in [0.15, 0.2) is 0 Å². The monoisotopic (exact) mass is 156 g/mol. The highest BCUT2D eigenvalue weighted by Gasteiger charge is 2.28. The van der Waals surface area contributed by atoms with Crippen LogP contribution in [0.5, 0.6) is 0 Å². The second-order valence-corrected chi connectivity index (χ2v) is 4.01. The second kappa shape index (κ2) is 2.86. The quantitative estimate of drug-likeness (QED) is 0.626. The van der Waals surface area contributed by atoms with Crippen LogP contribution in [0.3, 0.4) is 0 Å². The molecule has 1 unspecified atom stereocenters. The van der Waals surface area contributed by atoms with Crippen molar-refractivity contribution in [2.24, 2.45) is 5.41 Å². The van der Waals surface area contributed by atoms with Crippen molar-refractivity contribution in [3.05, 3.63) is 11.8 Å². The van der Waals surface area contributed by atoms with E-state index in [0.717, 1.165) is 18.8 Å². The molecule has 0 aromatic carbocycles. The SMILES string of the molecule is CC(C)(C)C(O)C1=CCCO1. The molecule has 64 valence electrons. The first kappa shape index (κ1) is 8.60. The van der Waals surface area contributed by atoms with Gasteiger partial charge in [0, 0.05) is 6.42 Å². The molecule has 0 amide bonds. The van der Waals surface area contributed by atoms with E-state index in [4.69, 9.17) is 4.74 Å². The molecule has 0 bridgehead atoms. The Labute approximate surface area is 67.9 Å². The fourth-order valence-electron chi connectivity index (χ4n) is 1.05. The molecule has 0 aliphatic carbocycles. The number of hydrogen-bond donors (Lipinski definition) is 1. The van der Waals surface area contributed by atoms with Crippen LogP contribution in [-0.2, 0) is 4.74 Å². The third-order valence-electron chi connectivity index (χ3n) is 1.82. The molecule has 0 aromatic rings. The van der Waals surface area contributed by atoms with Crippen molar-refractivity contribution in [1.82, 2.24) is 0 Å². The van der Waals surface area contributed by atoms with Crippen molar-refractivity contribution < 1.29 is 9.84 Å². The zero-order valence-corrected chi connectivity index (χ0v) is 7.42. The van der Waals surface area contributed by atoms with Crippen LogP contribution in [0, 0.1) is 5.41 Å². The number of rotatable bonds is 1. The van der Waals surface area contributed by atoms with Gasteiger partial charge in [-0.2, -0.15) is 0 Å². The Hall–Kier alpha value is -0.500. The first-order valence-electron chi connectivity index (χ1n) is 4.03. The van der Waals surface area contributed by atoms with Crippen molar-refractivity contribution in [2.45, 2.75) is 33.3 Å². The number of hydrogen-bond acceptors (Lipinski definition) is 2. The molecule has 1 N–H and O–H groups in total. The lowest BCUT2D eigenvalue weighted by atomic mass is 9.88. The van der Waals surface area contributed by atoms with Gasteiger partial charge in [-0.05, 0) is 11.5 Å². The number of aliphatic hydroxyl groups excluding tert-OH is 1. The molecular formula is C9H16O2. The number of ether oxygens (including phenoxy) is 1. The Balaban J connectivity index is 2.60. The van der Waals surface area contributed by atoms with Gasteiger partial charge in [0.2, 0.25) is 0 Å². The molecule has 11 heavy (non-hydrogen) atoms. The average molecular weight is 156 g/mol. The highest BCUT2D eigenvalue weighted by atomic mass is 16.5. The molecule has 0 saturated heterocycles. The molecule has 0 radical (unpaired) electrons. The molecular weight excluding hydrogens is 140 g/mol. The summed E-state index contributed by atoms with van der Waals surface area (Å²) in [5.74, 6) is 0.748. The van der Waals surface area contributed by atoms with E-state index < -0.39 is 6.10 Å². The van der Waals surface area contributed by atoms with E-state index in [1.54, 1.807) is 0 Å². The van der Waals surface area contributed by atoms with Gasteiger partial charge in [-0.15, -0.1) is 0 Å². The second-order valence-electron chi connectivity index (χ2n) is 4.01. The van der Waals surface area contributed by atoms with E-state index in [9.17, 15) is 5.11 Å². The Morgan fingerprint density at radius 3 is 2.55 bits per heavy atom. The van der Waals surface area contributed by atoms with Crippen molar-refractivity contribution in [3.63, 3.8) is 0 Å². The third-order valence-corrected chi connectivity index (χ3v) is 1.82. The zero-order valence-electron chi connectivity index (χ0n) is 7.42. The topological polar surface area (TPSA) is 29.5 Å². The van der Waals surface area contributed by atoms with Crippen molar-refractivity contribution in [2.75, 3.05) is 6.61 Å². The average Bonchev–Trinajstić information content (AvgIpc) is 2.34. The van der Waals surface area contributed by atoms with E-state index in [1.165, 1.54) is 0 Å². The predicted octanol–water partition coefficient (Wildman–Crippen LogP) is 1.70. The van der Waals surface area contributed by atoms with Crippen LogP contribution in [0.1, 0.15) is 27.2 Å². The molecule has 1 aliphatic rings. The van der Waals surface area contributed by atoms with Gasteiger partial charge in [0.25, 0.3) is 0 Å². The fourth-order valence-corrected chi connectivity index (χ4v) is 1.05. The first-order valence-corrected chi connectivity index (χ1v) is 4.03. The van der Waals surface area contributed by atoms with Crippen LogP contribution < -0.4 is 0 Å². The molecule has 2 nitrogen and oxygen atoms in total. The zero-order chi connectivity index (χ0) is 8.48. The lowest BCUT2D eigenvalue weighted by Gasteiger charge is -2.26. The molecule has 2 heteroatoms. The van der Waals surface area contributed by atoms with Crippen LogP contribution in [-0.4, -0.2) is 17.8 Å². The maximum atomic E-state index is 9.69. The van der Waals surface area contributed by atoms with E-state index in [0.29, 0.717) is 0 Å². The van der Waals surface area contributed by atoms with Gasteiger partial charge in [-0.3, -0.25) is 0 Å². The lowest BCUT2D eigenvalue weighted by Crippen LogP contribution is -2.28. The van der Waals surface area contributed by atoms with Crippen molar-refractivity contribution >= 4 is 0 Å². The van der Waals surface area contributed by atoms with E-state index in [2.05, 4.69) is 0 Å². The van der Waals surface area contributed by atoms with Gasteiger partial charge in [0.05, 0.1) is 6.61 Å². The minimum atomic E-state index is -0.454.